The van der Waals surface area contributed by atoms with E-state index in [-0.39, 0.29) is 11.6 Å². The molecule has 0 aliphatic heterocycles. The van der Waals surface area contributed by atoms with Crippen molar-refractivity contribution in [3.63, 3.8) is 0 Å². The summed E-state index contributed by atoms with van der Waals surface area (Å²) in [6, 6.07) is 5.20. The summed E-state index contributed by atoms with van der Waals surface area (Å²) < 4.78 is 4.33. The van der Waals surface area contributed by atoms with E-state index in [1.165, 1.54) is 0 Å². The number of anilines is 1. The highest BCUT2D eigenvalue weighted by atomic mass is 79.9. The zero-order chi connectivity index (χ0) is 13.1. The second-order valence-corrected chi connectivity index (χ2v) is 5.21. The van der Waals surface area contributed by atoms with E-state index in [0.29, 0.717) is 15.1 Å². The van der Waals surface area contributed by atoms with Gasteiger partial charge in [0.05, 0.1) is 5.69 Å². The Bertz CT molecular complexity index is 600. The molecule has 0 unspecified atom stereocenters. The van der Waals surface area contributed by atoms with Crippen LogP contribution in [0.1, 0.15) is 16.1 Å². The highest BCUT2D eigenvalue weighted by molar-refractivity contribution is 9.10. The van der Waals surface area contributed by atoms with Crippen LogP contribution in [0.15, 0.2) is 28.1 Å². The van der Waals surface area contributed by atoms with Crippen LogP contribution in [0, 0.1) is 0 Å². The largest absolute Gasteiger partial charge is 0.389 e. The lowest BCUT2D eigenvalue weighted by atomic mass is 10.2. The zero-order valence-corrected chi connectivity index (χ0v) is 12.1. The van der Waals surface area contributed by atoms with Crippen LogP contribution in [-0.2, 0) is 0 Å². The van der Waals surface area contributed by atoms with Crippen molar-refractivity contribution < 1.29 is 4.79 Å². The number of hydrogen-bond donors (Lipinski definition) is 2. The second kappa shape index (κ2) is 5.51. The van der Waals surface area contributed by atoms with Gasteiger partial charge in [-0.1, -0.05) is 16.7 Å². The van der Waals surface area contributed by atoms with Crippen LogP contribution in [0.25, 0.3) is 0 Å². The maximum atomic E-state index is 11.8. The molecule has 0 aliphatic rings. The Kier molecular flexibility index (Phi) is 4.00. The van der Waals surface area contributed by atoms with Crippen LogP contribution >= 0.6 is 39.7 Å². The number of amides is 1. The monoisotopic (exact) mass is 342 g/mol. The van der Waals surface area contributed by atoms with Crippen LogP contribution in [-0.4, -0.2) is 20.5 Å². The lowest BCUT2D eigenvalue weighted by Gasteiger charge is -2.07. The van der Waals surface area contributed by atoms with E-state index in [1.54, 1.807) is 23.6 Å². The Hall–Kier alpha value is -1.38. The first kappa shape index (κ1) is 13.1. The fourth-order valence-corrected chi connectivity index (χ4v) is 2.26. The minimum atomic E-state index is -0.312. The maximum Gasteiger partial charge on any atom is 0.277 e. The zero-order valence-electron chi connectivity index (χ0n) is 8.88. The van der Waals surface area contributed by atoms with Gasteiger partial charge in [0.25, 0.3) is 5.91 Å². The Morgan fingerprint density at radius 2 is 2.28 bits per heavy atom. The Morgan fingerprint density at radius 3 is 2.83 bits per heavy atom. The van der Waals surface area contributed by atoms with Gasteiger partial charge in [-0.3, -0.25) is 4.79 Å². The molecular formula is C10H7BrN4OS2. The predicted octanol–water partition coefficient (Wildman–Crippen LogP) is 2.19. The smallest absolute Gasteiger partial charge is 0.277 e. The molecule has 92 valence electrons. The fourth-order valence-electron chi connectivity index (χ4n) is 1.22. The van der Waals surface area contributed by atoms with Gasteiger partial charge in [-0.25, -0.2) is 0 Å². The summed E-state index contributed by atoms with van der Waals surface area (Å²) in [5.41, 5.74) is 7.15. The third-order valence-electron chi connectivity index (χ3n) is 2.09. The van der Waals surface area contributed by atoms with E-state index in [1.807, 2.05) is 0 Å². The summed E-state index contributed by atoms with van der Waals surface area (Å²) in [6.45, 7) is 0. The number of carbonyl (C=O) groups is 1. The molecule has 3 N–H and O–H groups in total. The molecule has 5 nitrogen and oxygen atoms in total. The molecule has 8 heteroatoms. The quantitative estimate of drug-likeness (QED) is 0.835. The third-order valence-corrected chi connectivity index (χ3v) is 3.49. The minimum Gasteiger partial charge on any atom is -0.389 e. The van der Waals surface area contributed by atoms with E-state index in [2.05, 4.69) is 30.8 Å². The number of aromatic nitrogens is 2. The number of hydrogen-bond acceptors (Lipinski definition) is 5. The van der Waals surface area contributed by atoms with Crippen molar-refractivity contribution in [1.29, 1.82) is 0 Å². The number of benzene rings is 1. The molecule has 1 amide bonds. The van der Waals surface area contributed by atoms with Gasteiger partial charge in [-0.2, -0.15) is 0 Å². The standard InChI is InChI=1S/C10H7BrN4OS2/c11-6-3-5(9(12)17)1-2-7(6)13-10(16)8-4-18-15-14-8/h1-4H,(H2,12,17)(H,13,16). The van der Waals surface area contributed by atoms with Gasteiger partial charge >= 0.3 is 0 Å². The average Bonchev–Trinajstić information content (AvgIpc) is 2.85. The Labute approximate surface area is 121 Å². The van der Waals surface area contributed by atoms with Gasteiger partial charge in [0.15, 0.2) is 5.69 Å². The van der Waals surface area contributed by atoms with Crippen molar-refractivity contribution in [3.8, 4) is 0 Å². The summed E-state index contributed by atoms with van der Waals surface area (Å²) in [7, 11) is 0. The van der Waals surface area contributed by atoms with Gasteiger partial charge < -0.3 is 11.1 Å². The van der Waals surface area contributed by atoms with Crippen LogP contribution in [0.4, 0.5) is 5.69 Å². The summed E-state index contributed by atoms with van der Waals surface area (Å²) >= 11 is 9.34. The van der Waals surface area contributed by atoms with Crippen molar-refractivity contribution in [2.45, 2.75) is 0 Å². The number of rotatable bonds is 3. The van der Waals surface area contributed by atoms with E-state index >= 15 is 0 Å². The molecule has 0 atom stereocenters. The molecule has 0 saturated heterocycles. The number of carbonyl (C=O) groups excluding carboxylic acids is 1. The van der Waals surface area contributed by atoms with E-state index in [9.17, 15) is 4.79 Å². The van der Waals surface area contributed by atoms with Gasteiger partial charge in [0.2, 0.25) is 0 Å². The number of halogens is 1. The number of nitrogens with one attached hydrogen (secondary N) is 1. The molecule has 0 saturated carbocycles. The summed E-state index contributed by atoms with van der Waals surface area (Å²) in [6.07, 6.45) is 0. The molecule has 2 aromatic rings. The van der Waals surface area contributed by atoms with Crippen molar-refractivity contribution >= 4 is 56.3 Å². The number of thiocarbonyl (C=S) groups is 1. The fraction of sp³-hybridized carbons (Fsp3) is 0. The van der Waals surface area contributed by atoms with Crippen LogP contribution in [0.2, 0.25) is 0 Å². The highest BCUT2D eigenvalue weighted by Gasteiger charge is 2.11. The van der Waals surface area contributed by atoms with E-state index < -0.39 is 0 Å². The molecular weight excluding hydrogens is 336 g/mol. The minimum absolute atomic E-state index is 0.283. The van der Waals surface area contributed by atoms with E-state index in [0.717, 1.165) is 17.1 Å². The first-order chi connectivity index (χ1) is 8.58. The summed E-state index contributed by atoms with van der Waals surface area (Å²) in [4.78, 5) is 12.1. The number of nitrogens with zero attached hydrogens (tertiary/aromatic N) is 2. The molecule has 0 spiro atoms. The van der Waals surface area contributed by atoms with Crippen LogP contribution < -0.4 is 11.1 Å². The van der Waals surface area contributed by atoms with E-state index in [4.69, 9.17) is 18.0 Å². The normalized spacial score (nSPS) is 10.1. The van der Waals surface area contributed by atoms with Gasteiger partial charge in [0.1, 0.15) is 4.99 Å². The lowest BCUT2D eigenvalue weighted by molar-refractivity contribution is 0.102. The van der Waals surface area contributed by atoms with Gasteiger partial charge in [-0.15, -0.1) is 5.10 Å². The van der Waals surface area contributed by atoms with Crippen LogP contribution in [0.3, 0.4) is 0 Å². The van der Waals surface area contributed by atoms with Gasteiger partial charge in [0, 0.05) is 15.4 Å². The molecule has 1 aromatic carbocycles. The second-order valence-electron chi connectivity index (χ2n) is 3.30. The van der Waals surface area contributed by atoms with Crippen molar-refractivity contribution in [2.24, 2.45) is 5.73 Å². The molecule has 2 rings (SSSR count). The Morgan fingerprint density at radius 1 is 1.50 bits per heavy atom. The first-order valence-corrected chi connectivity index (χ1v) is 6.79. The van der Waals surface area contributed by atoms with Gasteiger partial charge in [-0.05, 0) is 45.7 Å². The summed E-state index contributed by atoms with van der Waals surface area (Å²) in [5, 5.41) is 7.98. The molecule has 1 aromatic heterocycles. The maximum absolute atomic E-state index is 11.8. The van der Waals surface area contributed by atoms with Crippen molar-refractivity contribution in [2.75, 3.05) is 5.32 Å². The van der Waals surface area contributed by atoms with Crippen molar-refractivity contribution in [3.05, 3.63) is 39.3 Å². The highest BCUT2D eigenvalue weighted by Crippen LogP contribution is 2.24. The lowest BCUT2D eigenvalue weighted by Crippen LogP contribution is -2.14. The molecule has 0 aliphatic carbocycles. The SMILES string of the molecule is NC(=S)c1ccc(NC(=O)c2csnn2)c(Br)c1. The molecule has 1 heterocycles. The third kappa shape index (κ3) is 2.89. The molecule has 0 radical (unpaired) electrons. The summed E-state index contributed by atoms with van der Waals surface area (Å²) in [5.74, 6) is -0.312. The Balaban J connectivity index is 2.20. The molecule has 0 fully saturated rings. The predicted molar refractivity (Wildman–Crippen MR) is 77.9 cm³/mol. The van der Waals surface area contributed by atoms with Crippen molar-refractivity contribution in [1.82, 2.24) is 9.59 Å². The molecule has 0 bridgehead atoms. The number of nitrogens with two attached hydrogens (primary N) is 1. The first-order valence-electron chi connectivity index (χ1n) is 4.75. The molecule has 18 heavy (non-hydrogen) atoms. The van der Waals surface area contributed by atoms with Crippen LogP contribution in [0.5, 0.6) is 0 Å². The average molecular weight is 343 g/mol. The topological polar surface area (TPSA) is 80.9 Å².